The Morgan fingerprint density at radius 1 is 1.26 bits per heavy atom. The number of aliphatic carboxylic acids is 1. The fourth-order valence-corrected chi connectivity index (χ4v) is 3.25. The van der Waals surface area contributed by atoms with Gasteiger partial charge in [0.1, 0.15) is 11.8 Å². The number of nitrogens with zero attached hydrogens (tertiary/aromatic N) is 1. The zero-order valence-corrected chi connectivity index (χ0v) is 13.1. The second-order valence-electron chi connectivity index (χ2n) is 4.75. The van der Waals surface area contributed by atoms with Crippen molar-refractivity contribution >= 4 is 25.5 Å². The first-order chi connectivity index (χ1) is 10.8. The van der Waals surface area contributed by atoms with Crippen LogP contribution in [-0.2, 0) is 23.6 Å². The third-order valence-corrected chi connectivity index (χ3v) is 4.42. The highest BCUT2D eigenvalue weighted by molar-refractivity contribution is 7.52. The van der Waals surface area contributed by atoms with Gasteiger partial charge in [-0.2, -0.15) is 9.71 Å². The van der Waals surface area contributed by atoms with Crippen molar-refractivity contribution in [2.75, 3.05) is 0 Å². The van der Waals surface area contributed by atoms with E-state index in [1.807, 2.05) is 0 Å². The molecule has 0 aromatic heterocycles. The fourth-order valence-electron chi connectivity index (χ4n) is 1.73. The molecule has 2 amide bonds. The molecule has 1 unspecified atom stereocenters. The maximum absolute atomic E-state index is 12.8. The summed E-state index contributed by atoms with van der Waals surface area (Å²) in [5, 5.41) is 11.5. The van der Waals surface area contributed by atoms with Gasteiger partial charge in [0.15, 0.2) is 0 Å². The van der Waals surface area contributed by atoms with Crippen molar-refractivity contribution in [2.45, 2.75) is 25.8 Å². The molecule has 1 heterocycles. The number of benzene rings is 1. The number of para-hydroxylation sites is 1. The molecule has 2 rings (SSSR count). The number of hydrogen-bond donors (Lipinski definition) is 2. The van der Waals surface area contributed by atoms with Gasteiger partial charge in [0.25, 0.3) is 11.8 Å². The van der Waals surface area contributed by atoms with Crippen molar-refractivity contribution in [3.8, 4) is 5.75 Å². The summed E-state index contributed by atoms with van der Waals surface area (Å²) in [4.78, 5) is 34.1. The summed E-state index contributed by atoms with van der Waals surface area (Å²) >= 11 is 0. The highest BCUT2D eigenvalue weighted by atomic mass is 31.2. The quantitative estimate of drug-likeness (QED) is 0.562. The first-order valence-electron chi connectivity index (χ1n) is 6.71. The molecule has 9 nitrogen and oxygen atoms in total. The summed E-state index contributed by atoms with van der Waals surface area (Å²) in [6.07, 6.45) is -0.142. The first kappa shape index (κ1) is 17.1. The Kier molecular flexibility index (Phi) is 5.15. The van der Waals surface area contributed by atoms with Crippen LogP contribution in [0.1, 0.15) is 19.8 Å². The van der Waals surface area contributed by atoms with E-state index in [0.717, 1.165) is 0 Å². The number of carboxylic acids is 1. The van der Waals surface area contributed by atoms with Gasteiger partial charge in [-0.25, -0.2) is 4.57 Å². The molecule has 1 saturated heterocycles. The van der Waals surface area contributed by atoms with Crippen LogP contribution in [0.5, 0.6) is 5.75 Å². The molecule has 0 bridgehead atoms. The molecule has 10 heteroatoms. The Labute approximate surface area is 131 Å². The monoisotopic (exact) mass is 342 g/mol. The average molecular weight is 342 g/mol. The van der Waals surface area contributed by atoms with Gasteiger partial charge in [-0.1, -0.05) is 18.2 Å². The van der Waals surface area contributed by atoms with E-state index >= 15 is 0 Å². The number of hydroxylamine groups is 2. The van der Waals surface area contributed by atoms with Crippen molar-refractivity contribution in [3.05, 3.63) is 30.3 Å². The van der Waals surface area contributed by atoms with E-state index in [4.69, 9.17) is 14.3 Å². The maximum atomic E-state index is 12.8. The molecule has 1 aliphatic rings. The largest absolute Gasteiger partial charge is 0.481 e. The van der Waals surface area contributed by atoms with E-state index in [2.05, 4.69) is 5.09 Å². The number of nitrogens with one attached hydrogen (secondary N) is 1. The summed E-state index contributed by atoms with van der Waals surface area (Å²) in [7, 11) is -4.32. The molecule has 1 aliphatic heterocycles. The highest BCUT2D eigenvalue weighted by Crippen LogP contribution is 2.46. The third kappa shape index (κ3) is 4.38. The van der Waals surface area contributed by atoms with Gasteiger partial charge < -0.3 is 9.63 Å². The number of carboxylic acid groups (broad SMARTS) is 1. The normalized spacial score (nSPS) is 18.6. The average Bonchev–Trinajstić information content (AvgIpc) is 2.79. The zero-order chi connectivity index (χ0) is 17.0. The molecule has 2 N–H and O–H groups in total. The van der Waals surface area contributed by atoms with Gasteiger partial charge in [-0.15, -0.1) is 5.06 Å². The second-order valence-corrected chi connectivity index (χ2v) is 6.35. The predicted molar refractivity (Wildman–Crippen MR) is 77.1 cm³/mol. The van der Waals surface area contributed by atoms with Crippen LogP contribution >= 0.6 is 7.75 Å². The lowest BCUT2D eigenvalue weighted by Gasteiger charge is -2.24. The van der Waals surface area contributed by atoms with E-state index in [9.17, 15) is 18.9 Å². The van der Waals surface area contributed by atoms with E-state index in [0.29, 0.717) is 5.06 Å². The molecule has 0 aliphatic carbocycles. The van der Waals surface area contributed by atoms with Crippen LogP contribution in [0.15, 0.2) is 30.3 Å². The van der Waals surface area contributed by atoms with Crippen molar-refractivity contribution in [2.24, 2.45) is 0 Å². The molecule has 0 spiro atoms. The zero-order valence-electron chi connectivity index (χ0n) is 12.2. The minimum absolute atomic E-state index is 0.0708. The van der Waals surface area contributed by atoms with Crippen LogP contribution in [0.2, 0.25) is 0 Å². The summed E-state index contributed by atoms with van der Waals surface area (Å²) in [5.41, 5.74) is 0. The van der Waals surface area contributed by atoms with Gasteiger partial charge in [-0.05, 0) is 19.1 Å². The highest BCUT2D eigenvalue weighted by Gasteiger charge is 2.41. The number of hydrogen-bond acceptors (Lipinski definition) is 6. The SMILES string of the molecule is C[C@H](NP(=O)(Oc1ccccc1)ON1C(=O)CCC1=O)C(=O)O. The van der Waals surface area contributed by atoms with Crippen LogP contribution < -0.4 is 9.61 Å². The summed E-state index contributed by atoms with van der Waals surface area (Å²) in [6.45, 7) is 1.22. The Morgan fingerprint density at radius 2 is 1.83 bits per heavy atom. The maximum Gasteiger partial charge on any atom is 0.481 e. The lowest BCUT2D eigenvalue weighted by Crippen LogP contribution is -2.37. The smallest absolute Gasteiger partial charge is 0.480 e. The van der Waals surface area contributed by atoms with Crippen molar-refractivity contribution < 1.29 is 33.2 Å². The van der Waals surface area contributed by atoms with Crippen molar-refractivity contribution in [1.29, 1.82) is 0 Å². The van der Waals surface area contributed by atoms with Gasteiger partial charge in [0.05, 0.1) is 0 Å². The van der Waals surface area contributed by atoms with E-state index in [-0.39, 0.29) is 18.6 Å². The standard InChI is InChI=1S/C13H15N2O7P/c1-9(13(18)19)14-23(20,21-10-5-3-2-4-6-10)22-15-11(16)7-8-12(15)17/h2-6,9H,7-8H2,1H3,(H,14,20)(H,18,19)/t9-,23?/m0/s1. The van der Waals surface area contributed by atoms with Crippen LogP contribution in [0.4, 0.5) is 0 Å². The molecular formula is C13H15N2O7P. The fraction of sp³-hybridized carbons (Fsp3) is 0.308. The predicted octanol–water partition coefficient (Wildman–Crippen LogP) is 1.32. The number of imide groups is 1. The van der Waals surface area contributed by atoms with E-state index in [1.54, 1.807) is 18.2 Å². The molecule has 1 aromatic rings. The van der Waals surface area contributed by atoms with Gasteiger partial charge in [0, 0.05) is 12.8 Å². The molecule has 2 atom stereocenters. The summed E-state index contributed by atoms with van der Waals surface area (Å²) in [5.74, 6) is -2.52. The molecule has 124 valence electrons. The minimum atomic E-state index is -4.32. The Bertz CT molecular complexity index is 648. The van der Waals surface area contributed by atoms with Crippen LogP contribution in [-0.4, -0.2) is 34.0 Å². The van der Waals surface area contributed by atoms with Gasteiger partial charge in [0.2, 0.25) is 0 Å². The molecular weight excluding hydrogens is 327 g/mol. The number of amides is 2. The van der Waals surface area contributed by atoms with Crippen LogP contribution in [0.25, 0.3) is 0 Å². The Morgan fingerprint density at radius 3 is 2.35 bits per heavy atom. The number of rotatable bonds is 7. The summed E-state index contributed by atoms with van der Waals surface area (Å²) < 4.78 is 22.9. The van der Waals surface area contributed by atoms with Crippen LogP contribution in [0, 0.1) is 0 Å². The Balaban J connectivity index is 2.23. The van der Waals surface area contributed by atoms with E-state index < -0.39 is 31.6 Å². The topological polar surface area (TPSA) is 122 Å². The van der Waals surface area contributed by atoms with E-state index in [1.165, 1.54) is 19.1 Å². The number of carbonyl (C=O) groups excluding carboxylic acids is 2. The molecule has 23 heavy (non-hydrogen) atoms. The third-order valence-electron chi connectivity index (χ3n) is 2.89. The first-order valence-corrected chi connectivity index (χ1v) is 8.26. The minimum Gasteiger partial charge on any atom is -0.480 e. The number of carbonyl (C=O) groups is 3. The van der Waals surface area contributed by atoms with Crippen molar-refractivity contribution in [1.82, 2.24) is 10.2 Å². The van der Waals surface area contributed by atoms with Gasteiger partial charge in [-0.3, -0.25) is 14.4 Å². The Hall–Kier alpha value is -2.22. The lowest BCUT2D eigenvalue weighted by atomic mass is 10.3. The molecule has 0 radical (unpaired) electrons. The van der Waals surface area contributed by atoms with Crippen molar-refractivity contribution in [3.63, 3.8) is 0 Å². The van der Waals surface area contributed by atoms with Crippen LogP contribution in [0.3, 0.4) is 0 Å². The molecule has 0 saturated carbocycles. The molecule has 1 aromatic carbocycles. The molecule has 1 fully saturated rings. The van der Waals surface area contributed by atoms with Gasteiger partial charge >= 0.3 is 13.7 Å². The second kappa shape index (κ2) is 6.91. The lowest BCUT2D eigenvalue weighted by molar-refractivity contribution is -0.166. The summed E-state index contributed by atoms with van der Waals surface area (Å²) in [6, 6.07) is 6.55.